The second-order valence-corrected chi connectivity index (χ2v) is 7.87. The number of carboxylic acid groups (broad SMARTS) is 1. The molecule has 1 heterocycles. The zero-order valence-electron chi connectivity index (χ0n) is 17.7. The molecule has 1 aromatic heterocycles. The number of aromatic nitrogens is 2. The first-order chi connectivity index (χ1) is 15.5. The van der Waals surface area contributed by atoms with Gasteiger partial charge in [0, 0.05) is 10.6 Å². The quantitative estimate of drug-likeness (QED) is 0.340. The number of ether oxygens (including phenoxy) is 1. The lowest BCUT2D eigenvalue weighted by atomic mass is 10.1. The van der Waals surface area contributed by atoms with Gasteiger partial charge in [-0.05, 0) is 53.9 Å². The molecule has 1 N–H and O–H groups in total. The van der Waals surface area contributed by atoms with Crippen molar-refractivity contribution in [2.24, 2.45) is 0 Å². The summed E-state index contributed by atoms with van der Waals surface area (Å²) in [5.74, 6) is -0.376. The van der Waals surface area contributed by atoms with Gasteiger partial charge in [0.05, 0.1) is 30.1 Å². The number of nitrogens with zero attached hydrogens (tertiary/aromatic N) is 2. The van der Waals surface area contributed by atoms with Crippen molar-refractivity contribution < 1.29 is 14.6 Å². The molecule has 0 aliphatic heterocycles. The van der Waals surface area contributed by atoms with E-state index in [1.165, 1.54) is 0 Å². The van der Waals surface area contributed by atoms with E-state index in [4.69, 9.17) is 21.4 Å². The first-order valence-corrected chi connectivity index (χ1v) is 10.8. The van der Waals surface area contributed by atoms with Crippen LogP contribution in [-0.2, 0) is 6.54 Å². The summed E-state index contributed by atoms with van der Waals surface area (Å²) in [5, 5.41) is 15.0. The van der Waals surface area contributed by atoms with Crippen LogP contribution in [0.3, 0.4) is 0 Å². The summed E-state index contributed by atoms with van der Waals surface area (Å²) < 4.78 is 7.83. The number of rotatable bonds is 8. The van der Waals surface area contributed by atoms with Crippen LogP contribution in [0.15, 0.2) is 78.9 Å². The Morgan fingerprint density at radius 2 is 1.78 bits per heavy atom. The maximum absolute atomic E-state index is 11.6. The number of carboxylic acids is 1. The van der Waals surface area contributed by atoms with E-state index in [-0.39, 0.29) is 5.56 Å². The van der Waals surface area contributed by atoms with Crippen LogP contribution in [-0.4, -0.2) is 27.5 Å². The van der Waals surface area contributed by atoms with Gasteiger partial charge < -0.3 is 9.84 Å². The zero-order chi connectivity index (χ0) is 22.5. The minimum absolute atomic E-state index is 0.189. The summed E-state index contributed by atoms with van der Waals surface area (Å²) in [6.07, 6.45) is 0.846. The largest absolute Gasteiger partial charge is 0.493 e. The molecule has 0 radical (unpaired) electrons. The Bertz CT molecular complexity index is 1220. The van der Waals surface area contributed by atoms with Gasteiger partial charge in [-0.1, -0.05) is 61.0 Å². The first-order valence-electron chi connectivity index (χ1n) is 10.4. The third-order valence-electron chi connectivity index (χ3n) is 5.06. The topological polar surface area (TPSA) is 64.3 Å². The molecule has 0 atom stereocenters. The maximum atomic E-state index is 11.6. The lowest BCUT2D eigenvalue weighted by molar-refractivity contribution is 0.0697. The van der Waals surface area contributed by atoms with Crippen molar-refractivity contribution in [3.05, 3.63) is 95.0 Å². The number of hydrogen-bond donors (Lipinski definition) is 1. The van der Waals surface area contributed by atoms with Gasteiger partial charge in [-0.2, -0.15) is 5.10 Å². The van der Waals surface area contributed by atoms with E-state index in [2.05, 4.69) is 0 Å². The number of benzene rings is 3. The average Bonchev–Trinajstić information content (AvgIpc) is 3.22. The van der Waals surface area contributed by atoms with E-state index in [0.717, 1.165) is 23.2 Å². The number of carbonyl (C=O) groups is 1. The Balaban J connectivity index is 1.84. The average molecular weight is 447 g/mol. The molecule has 0 unspecified atom stereocenters. The fourth-order valence-electron chi connectivity index (χ4n) is 3.48. The molecule has 4 aromatic rings. The Labute approximate surface area is 191 Å². The minimum Gasteiger partial charge on any atom is -0.493 e. The lowest BCUT2D eigenvalue weighted by Gasteiger charge is -2.10. The highest BCUT2D eigenvalue weighted by Crippen LogP contribution is 2.34. The highest BCUT2D eigenvalue weighted by atomic mass is 35.5. The van der Waals surface area contributed by atoms with Gasteiger partial charge >= 0.3 is 5.97 Å². The molecule has 0 aliphatic carbocycles. The fourth-order valence-corrected chi connectivity index (χ4v) is 3.61. The predicted molar refractivity (Wildman–Crippen MR) is 126 cm³/mol. The Hall–Kier alpha value is -3.57. The van der Waals surface area contributed by atoms with E-state index in [1.54, 1.807) is 18.2 Å². The second-order valence-electron chi connectivity index (χ2n) is 7.43. The summed E-state index contributed by atoms with van der Waals surface area (Å²) in [4.78, 5) is 11.6. The van der Waals surface area contributed by atoms with Crippen LogP contribution in [0.4, 0.5) is 0 Å². The second kappa shape index (κ2) is 9.71. The SMILES string of the molecule is CCCOc1ccc(C(=O)O)cc1-c1cc(-c2ccc(Cl)cc2)n(Cc2ccccc2)n1. The summed E-state index contributed by atoms with van der Waals surface area (Å²) in [5.41, 5.74) is 4.48. The lowest BCUT2D eigenvalue weighted by Crippen LogP contribution is -2.04. The molecule has 0 amide bonds. The van der Waals surface area contributed by atoms with E-state index in [9.17, 15) is 9.90 Å². The molecule has 0 fully saturated rings. The molecule has 32 heavy (non-hydrogen) atoms. The van der Waals surface area contributed by atoms with Crippen molar-refractivity contribution in [2.75, 3.05) is 6.61 Å². The molecular formula is C26H23ClN2O3. The third-order valence-corrected chi connectivity index (χ3v) is 5.31. The van der Waals surface area contributed by atoms with Crippen LogP contribution < -0.4 is 4.74 Å². The van der Waals surface area contributed by atoms with Crippen LogP contribution in [0, 0.1) is 0 Å². The van der Waals surface area contributed by atoms with E-state index < -0.39 is 5.97 Å². The smallest absolute Gasteiger partial charge is 0.335 e. The number of halogens is 1. The molecule has 0 bridgehead atoms. The summed E-state index contributed by atoms with van der Waals surface area (Å²) in [6.45, 7) is 3.13. The van der Waals surface area contributed by atoms with Gasteiger partial charge in [0.15, 0.2) is 0 Å². The standard InChI is InChI=1S/C26H23ClN2O3/c1-2-14-32-25-13-10-20(26(30)31)15-22(25)23-16-24(19-8-11-21(27)12-9-19)29(28-23)17-18-6-4-3-5-7-18/h3-13,15-16H,2,14,17H2,1H3,(H,30,31). The van der Waals surface area contributed by atoms with E-state index in [1.807, 2.05) is 72.3 Å². The van der Waals surface area contributed by atoms with Gasteiger partial charge in [0.25, 0.3) is 0 Å². The number of aromatic carboxylic acids is 1. The highest BCUT2D eigenvalue weighted by Gasteiger charge is 2.17. The van der Waals surface area contributed by atoms with Crippen LogP contribution >= 0.6 is 11.6 Å². The zero-order valence-corrected chi connectivity index (χ0v) is 18.4. The summed E-state index contributed by atoms with van der Waals surface area (Å²) in [6, 6.07) is 24.5. The normalized spacial score (nSPS) is 10.8. The van der Waals surface area contributed by atoms with Crippen molar-refractivity contribution in [1.82, 2.24) is 9.78 Å². The van der Waals surface area contributed by atoms with E-state index >= 15 is 0 Å². The molecule has 6 heteroatoms. The Kier molecular flexibility index (Phi) is 6.57. The molecule has 3 aromatic carbocycles. The van der Waals surface area contributed by atoms with Crippen molar-refractivity contribution >= 4 is 17.6 Å². The molecule has 0 spiro atoms. The maximum Gasteiger partial charge on any atom is 0.335 e. The molecular weight excluding hydrogens is 424 g/mol. The third kappa shape index (κ3) is 4.84. The van der Waals surface area contributed by atoms with Crippen molar-refractivity contribution in [1.29, 1.82) is 0 Å². The van der Waals surface area contributed by atoms with Crippen LogP contribution in [0.2, 0.25) is 5.02 Å². The van der Waals surface area contributed by atoms with Crippen molar-refractivity contribution in [2.45, 2.75) is 19.9 Å². The number of hydrogen-bond acceptors (Lipinski definition) is 3. The molecule has 0 saturated carbocycles. The van der Waals surface area contributed by atoms with Gasteiger partial charge in [-0.25, -0.2) is 4.79 Å². The molecule has 0 aliphatic rings. The summed E-state index contributed by atoms with van der Waals surface area (Å²) in [7, 11) is 0. The van der Waals surface area contributed by atoms with Crippen molar-refractivity contribution in [3.8, 4) is 28.3 Å². The molecule has 5 nitrogen and oxygen atoms in total. The van der Waals surface area contributed by atoms with Crippen molar-refractivity contribution in [3.63, 3.8) is 0 Å². The minimum atomic E-state index is -0.991. The highest BCUT2D eigenvalue weighted by molar-refractivity contribution is 6.30. The first kappa shape index (κ1) is 21.7. The van der Waals surface area contributed by atoms with E-state index in [0.29, 0.717) is 35.2 Å². The van der Waals surface area contributed by atoms with Gasteiger partial charge in [0.1, 0.15) is 5.75 Å². The van der Waals surface area contributed by atoms with Gasteiger partial charge in [0.2, 0.25) is 0 Å². The molecule has 0 saturated heterocycles. The molecule has 4 rings (SSSR count). The Morgan fingerprint density at radius 3 is 2.47 bits per heavy atom. The van der Waals surface area contributed by atoms with Gasteiger partial charge in [-0.15, -0.1) is 0 Å². The molecule has 162 valence electrons. The monoisotopic (exact) mass is 446 g/mol. The fraction of sp³-hybridized carbons (Fsp3) is 0.154. The van der Waals surface area contributed by atoms with Crippen LogP contribution in [0.1, 0.15) is 29.3 Å². The van der Waals surface area contributed by atoms with Gasteiger partial charge in [-0.3, -0.25) is 4.68 Å². The predicted octanol–water partition coefficient (Wildman–Crippen LogP) is 6.41. The van der Waals surface area contributed by atoms with Crippen LogP contribution in [0.5, 0.6) is 5.75 Å². The Morgan fingerprint density at radius 1 is 1.03 bits per heavy atom. The summed E-state index contributed by atoms with van der Waals surface area (Å²) >= 11 is 6.09. The van der Waals surface area contributed by atoms with Crippen LogP contribution in [0.25, 0.3) is 22.5 Å².